The zero-order valence-electron chi connectivity index (χ0n) is 22.3. The van der Waals surface area contributed by atoms with Gasteiger partial charge in [0.25, 0.3) is 0 Å². The average Bonchev–Trinajstić information content (AvgIpc) is 2.93. The summed E-state index contributed by atoms with van der Waals surface area (Å²) in [5, 5.41) is 19.2. The summed E-state index contributed by atoms with van der Waals surface area (Å²) in [5.41, 5.74) is 4.35. The molecule has 0 bridgehead atoms. The molecule has 3 rings (SSSR count). The van der Waals surface area contributed by atoms with Crippen LogP contribution in [0.4, 0.5) is 9.18 Å². The molecule has 3 aromatic carbocycles. The van der Waals surface area contributed by atoms with Gasteiger partial charge >= 0.3 is 6.09 Å². The first kappa shape index (κ1) is 29.0. The minimum atomic E-state index is -1.11. The highest BCUT2D eigenvalue weighted by Gasteiger charge is 2.15. The lowest BCUT2D eigenvalue weighted by Gasteiger charge is -2.19. The highest BCUT2D eigenvalue weighted by Crippen LogP contribution is 2.36. The third kappa shape index (κ3) is 7.95. The Balaban J connectivity index is 1.80. The van der Waals surface area contributed by atoms with Crippen LogP contribution in [-0.2, 0) is 4.79 Å². The predicted octanol–water partition coefficient (Wildman–Crippen LogP) is 5.90. The van der Waals surface area contributed by atoms with E-state index in [-0.39, 0.29) is 25.6 Å². The van der Waals surface area contributed by atoms with Crippen molar-refractivity contribution >= 4 is 23.1 Å². The topological polar surface area (TPSA) is 90.3 Å². The number of carbonyl (C=O) groups is 2. The maximum atomic E-state index is 14.3. The van der Waals surface area contributed by atoms with Crippen LogP contribution in [0, 0.1) is 5.82 Å². The molecule has 0 saturated carbocycles. The van der Waals surface area contributed by atoms with Crippen molar-refractivity contribution in [3.05, 3.63) is 107 Å². The summed E-state index contributed by atoms with van der Waals surface area (Å²) in [6.07, 6.45) is 2.42. The Hall–Kier alpha value is -4.59. The van der Waals surface area contributed by atoms with E-state index in [0.29, 0.717) is 17.7 Å². The minimum absolute atomic E-state index is 0.0633. The van der Waals surface area contributed by atoms with Crippen LogP contribution in [0.3, 0.4) is 0 Å². The van der Waals surface area contributed by atoms with E-state index in [9.17, 15) is 24.2 Å². The van der Waals surface area contributed by atoms with Crippen molar-refractivity contribution in [2.24, 2.45) is 0 Å². The van der Waals surface area contributed by atoms with E-state index in [1.54, 1.807) is 32.3 Å². The smallest absolute Gasteiger partial charge is 0.407 e. The van der Waals surface area contributed by atoms with Crippen LogP contribution in [-0.4, -0.2) is 65.8 Å². The molecule has 7 nitrogen and oxygen atoms in total. The molecule has 2 amide bonds. The van der Waals surface area contributed by atoms with Gasteiger partial charge in [0.1, 0.15) is 12.4 Å². The molecule has 0 aliphatic carbocycles. The highest BCUT2D eigenvalue weighted by molar-refractivity contribution is 5.98. The molecule has 0 heterocycles. The van der Waals surface area contributed by atoms with Crippen molar-refractivity contribution in [2.75, 3.05) is 33.8 Å². The third-order valence-corrected chi connectivity index (χ3v) is 6.08. The minimum Gasteiger partial charge on any atom is -0.505 e. The number of likely N-dealkylation sites (N-methyl/N-ethyl adjacent to an activating group) is 1. The summed E-state index contributed by atoms with van der Waals surface area (Å²) in [5.74, 6) is -0.776. The van der Waals surface area contributed by atoms with Gasteiger partial charge in [-0.3, -0.25) is 4.79 Å². The van der Waals surface area contributed by atoms with E-state index in [2.05, 4.69) is 0 Å². The molecule has 39 heavy (non-hydrogen) atoms. The Kier molecular flexibility index (Phi) is 10.3. The van der Waals surface area contributed by atoms with E-state index in [4.69, 9.17) is 4.74 Å². The molecule has 2 N–H and O–H groups in total. The summed E-state index contributed by atoms with van der Waals surface area (Å²) >= 11 is 0. The van der Waals surface area contributed by atoms with Crippen molar-refractivity contribution in [3.63, 3.8) is 0 Å². The number of aromatic hydroxyl groups is 1. The Bertz CT molecular complexity index is 1330. The number of nitrogens with zero attached hydrogens (tertiary/aromatic N) is 2. The van der Waals surface area contributed by atoms with Crippen molar-refractivity contribution in [1.82, 2.24) is 9.80 Å². The van der Waals surface area contributed by atoms with Gasteiger partial charge in [0.2, 0.25) is 5.91 Å². The molecule has 0 atom stereocenters. The number of carboxylic acid groups (broad SMARTS) is 1. The van der Waals surface area contributed by atoms with Gasteiger partial charge in [-0.25, -0.2) is 9.18 Å². The lowest BCUT2D eigenvalue weighted by molar-refractivity contribution is -0.123. The monoisotopic (exact) mass is 532 g/mol. The van der Waals surface area contributed by atoms with Crippen molar-refractivity contribution in [3.8, 4) is 11.5 Å². The molecule has 8 heteroatoms. The van der Waals surface area contributed by atoms with Gasteiger partial charge in [-0.1, -0.05) is 61.5 Å². The van der Waals surface area contributed by atoms with Crippen molar-refractivity contribution in [1.29, 1.82) is 0 Å². The van der Waals surface area contributed by atoms with Crippen LogP contribution in [0.15, 0.2) is 84.9 Å². The number of benzene rings is 3. The van der Waals surface area contributed by atoms with Crippen LogP contribution in [0.2, 0.25) is 0 Å². The highest BCUT2D eigenvalue weighted by atomic mass is 19.1. The molecular formula is C31H33FN2O5. The lowest BCUT2D eigenvalue weighted by atomic mass is 9.88. The second-order valence-electron chi connectivity index (χ2n) is 8.98. The average molecular weight is 533 g/mol. The van der Waals surface area contributed by atoms with Gasteiger partial charge in [0.15, 0.2) is 11.6 Å². The second-order valence-corrected chi connectivity index (χ2v) is 8.98. The Morgan fingerprint density at radius 1 is 0.949 bits per heavy atom. The van der Waals surface area contributed by atoms with Crippen molar-refractivity contribution < 1.29 is 28.9 Å². The molecule has 0 fully saturated rings. The largest absolute Gasteiger partial charge is 0.505 e. The fraction of sp³-hybridized carbons (Fsp3) is 0.226. The quantitative estimate of drug-likeness (QED) is 0.237. The van der Waals surface area contributed by atoms with Gasteiger partial charge in [-0.2, -0.15) is 0 Å². The fourth-order valence-corrected chi connectivity index (χ4v) is 4.03. The summed E-state index contributed by atoms with van der Waals surface area (Å²) in [6.45, 7) is 2.34. The summed E-state index contributed by atoms with van der Waals surface area (Å²) < 4.78 is 20.1. The third-order valence-electron chi connectivity index (χ3n) is 6.08. The van der Waals surface area contributed by atoms with E-state index in [1.807, 2.05) is 49.4 Å². The summed E-state index contributed by atoms with van der Waals surface area (Å²) in [7, 11) is 3.24. The number of rotatable bonds is 11. The first-order valence-corrected chi connectivity index (χ1v) is 12.6. The number of phenols is 1. The van der Waals surface area contributed by atoms with Gasteiger partial charge < -0.3 is 24.7 Å². The number of amides is 2. The number of phenolic OH excluding ortho intramolecular Hbond substituents is 1. The second kappa shape index (κ2) is 13.8. The number of allylic oxidation sites excluding steroid dienone is 1. The van der Waals surface area contributed by atoms with Gasteiger partial charge in [-0.05, 0) is 58.5 Å². The zero-order valence-corrected chi connectivity index (χ0v) is 22.3. The fourth-order valence-electron chi connectivity index (χ4n) is 4.03. The molecule has 204 valence electrons. The first-order valence-electron chi connectivity index (χ1n) is 12.6. The molecule has 0 spiro atoms. The maximum Gasteiger partial charge on any atom is 0.407 e. The van der Waals surface area contributed by atoms with Gasteiger partial charge in [-0.15, -0.1) is 0 Å². The van der Waals surface area contributed by atoms with E-state index in [1.165, 1.54) is 29.2 Å². The SMILES string of the molecule is CC/C(=C(/c1ccc(OCCN(C/C=C/C(=O)N(C)C)C(=O)O)cc1)c1ccc(O)c(F)c1)c1ccccc1. The first-order chi connectivity index (χ1) is 18.7. The lowest BCUT2D eigenvalue weighted by Crippen LogP contribution is -2.33. The molecule has 3 aromatic rings. The van der Waals surface area contributed by atoms with E-state index in [0.717, 1.165) is 27.2 Å². The maximum absolute atomic E-state index is 14.3. The van der Waals surface area contributed by atoms with Crippen LogP contribution in [0.5, 0.6) is 11.5 Å². The van der Waals surface area contributed by atoms with E-state index < -0.39 is 17.7 Å². The number of halogens is 1. The molecule has 0 radical (unpaired) electrons. The van der Waals surface area contributed by atoms with E-state index >= 15 is 0 Å². The van der Waals surface area contributed by atoms with Crippen LogP contribution < -0.4 is 4.74 Å². The zero-order chi connectivity index (χ0) is 28.4. The number of hydrogen-bond acceptors (Lipinski definition) is 4. The normalized spacial score (nSPS) is 11.7. The standard InChI is InChI=1S/C31H33FN2O5/c1-4-26(22-9-6-5-7-10-22)30(24-14-17-28(35)27(32)21-24)23-12-15-25(16-13-23)39-20-19-34(31(37)38)18-8-11-29(36)33(2)3/h5-17,21,35H,4,18-20H2,1-3H3,(H,37,38)/b11-8+,30-26+. The Labute approximate surface area is 228 Å². The summed E-state index contributed by atoms with van der Waals surface area (Å²) in [4.78, 5) is 25.8. The number of ether oxygens (including phenoxy) is 1. The predicted molar refractivity (Wildman–Crippen MR) is 150 cm³/mol. The molecule has 0 saturated heterocycles. The van der Waals surface area contributed by atoms with Crippen LogP contribution in [0.25, 0.3) is 11.1 Å². The molecule has 0 aromatic heterocycles. The molecule has 0 unspecified atom stereocenters. The summed E-state index contributed by atoms with van der Waals surface area (Å²) in [6, 6.07) is 21.5. The van der Waals surface area contributed by atoms with Crippen molar-refractivity contribution in [2.45, 2.75) is 13.3 Å². The molecule has 0 aliphatic heterocycles. The van der Waals surface area contributed by atoms with Gasteiger partial charge in [0.05, 0.1) is 6.54 Å². The van der Waals surface area contributed by atoms with Crippen LogP contribution >= 0.6 is 0 Å². The molecule has 0 aliphatic rings. The Morgan fingerprint density at radius 2 is 1.62 bits per heavy atom. The molecular weight excluding hydrogens is 499 g/mol. The Morgan fingerprint density at radius 3 is 2.21 bits per heavy atom. The number of hydrogen-bond donors (Lipinski definition) is 2. The van der Waals surface area contributed by atoms with Gasteiger partial charge in [0, 0.05) is 26.7 Å². The van der Waals surface area contributed by atoms with Crippen LogP contribution in [0.1, 0.15) is 30.0 Å². The number of carbonyl (C=O) groups excluding carboxylic acids is 1.